The lowest BCUT2D eigenvalue weighted by Crippen LogP contribution is -2.53. The highest BCUT2D eigenvalue weighted by molar-refractivity contribution is 8.14. The highest BCUT2D eigenvalue weighted by atomic mass is 32.2. The first-order valence-corrected chi connectivity index (χ1v) is 9.44. The summed E-state index contributed by atoms with van der Waals surface area (Å²) in [5.74, 6) is -3.41. The summed E-state index contributed by atoms with van der Waals surface area (Å²) in [6.45, 7) is 7.85. The first kappa shape index (κ1) is 26.5. The van der Waals surface area contributed by atoms with Crippen molar-refractivity contribution in [3.05, 3.63) is 0 Å². The lowest BCUT2D eigenvalue weighted by molar-refractivity contribution is -0.156. The molecule has 29 heavy (non-hydrogen) atoms. The van der Waals surface area contributed by atoms with E-state index in [4.69, 9.17) is 9.47 Å². The lowest BCUT2D eigenvalue weighted by atomic mass is 10.0. The van der Waals surface area contributed by atoms with Gasteiger partial charge in [0.1, 0.15) is 6.04 Å². The van der Waals surface area contributed by atoms with Crippen LogP contribution in [0.25, 0.3) is 0 Å². The molecule has 1 amide bonds. The van der Waals surface area contributed by atoms with E-state index in [0.29, 0.717) is 11.8 Å². The third-order valence-electron chi connectivity index (χ3n) is 3.26. The Kier molecular flexibility index (Phi) is 11.1. The average molecular weight is 437 g/mol. The maximum atomic E-state index is 11.9. The Morgan fingerprint density at radius 3 is 1.72 bits per heavy atom. The van der Waals surface area contributed by atoms with E-state index in [1.807, 2.05) is 0 Å². The van der Waals surface area contributed by atoms with Gasteiger partial charge >= 0.3 is 29.3 Å². The van der Waals surface area contributed by atoms with Gasteiger partial charge in [-0.1, -0.05) is 27.7 Å². The number of rotatable bonds is 10. The van der Waals surface area contributed by atoms with Crippen LogP contribution >= 0.6 is 11.8 Å². The number of hydrogen-bond donors (Lipinski definition) is 2. The Balaban J connectivity index is 4.68. The molecule has 0 fully saturated rings. The molecular formula is C17H27NO10S. The summed E-state index contributed by atoms with van der Waals surface area (Å²) < 4.78 is 17.3. The largest absolute Gasteiger partial charge is 0.480 e. The number of thioether (sulfide) groups is 1. The van der Waals surface area contributed by atoms with Crippen LogP contribution in [0.2, 0.25) is 0 Å². The molecule has 0 aliphatic rings. The van der Waals surface area contributed by atoms with Gasteiger partial charge in [-0.05, 0) is 25.6 Å². The number of carbonyl (C=O) groups excluding carboxylic acids is 4. The summed E-state index contributed by atoms with van der Waals surface area (Å²) in [7, 11) is 0. The summed E-state index contributed by atoms with van der Waals surface area (Å²) in [4.78, 5) is 57.8. The lowest BCUT2D eigenvalue weighted by Gasteiger charge is -2.29. The topological polar surface area (TPSA) is 155 Å². The van der Waals surface area contributed by atoms with Gasteiger partial charge in [0.25, 0.3) is 0 Å². The Hall–Kier alpha value is -2.50. The van der Waals surface area contributed by atoms with Crippen LogP contribution < -0.4 is 5.32 Å². The first-order chi connectivity index (χ1) is 13.3. The van der Waals surface area contributed by atoms with Gasteiger partial charge in [-0.2, -0.15) is 0 Å². The molecule has 2 N–H and O–H groups in total. The molecule has 0 radical (unpaired) electrons. The van der Waals surface area contributed by atoms with Crippen molar-refractivity contribution >= 4 is 41.1 Å². The smallest absolute Gasteiger partial charge is 0.410 e. The predicted molar refractivity (Wildman–Crippen MR) is 101 cm³/mol. The Morgan fingerprint density at radius 2 is 1.31 bits per heavy atom. The normalized spacial score (nSPS) is 12.1. The number of carboxylic acids is 1. The number of carboxylic acid groups (broad SMARTS) is 1. The molecule has 0 saturated heterocycles. The number of alkyl carbamates (subject to hydrolysis) is 1. The van der Waals surface area contributed by atoms with E-state index in [2.05, 4.69) is 14.8 Å². The maximum absolute atomic E-state index is 11.9. The fourth-order valence-corrected chi connectivity index (χ4v) is 2.42. The van der Waals surface area contributed by atoms with E-state index in [1.54, 1.807) is 27.7 Å². The molecule has 0 rings (SSSR count). The van der Waals surface area contributed by atoms with Gasteiger partial charge < -0.3 is 29.4 Å². The minimum absolute atomic E-state index is 0.399. The molecule has 0 saturated carbocycles. The number of aliphatic carboxylic acids is 1. The number of hydrogen-bond acceptors (Lipinski definition) is 10. The first-order valence-electron chi connectivity index (χ1n) is 8.63. The van der Waals surface area contributed by atoms with Crippen LogP contribution in [0.5, 0.6) is 0 Å². The molecule has 1 atom stereocenters. The molecule has 0 aromatic carbocycles. The summed E-state index contributed by atoms with van der Waals surface area (Å²) in [5, 5.41) is 10.6. The zero-order valence-electron chi connectivity index (χ0n) is 17.2. The van der Waals surface area contributed by atoms with Crippen molar-refractivity contribution in [1.29, 1.82) is 0 Å². The fourth-order valence-electron chi connectivity index (χ4n) is 1.61. The molecule has 0 bridgehead atoms. The van der Waals surface area contributed by atoms with E-state index >= 15 is 0 Å². The number of ether oxygens (including phenoxy) is 4. The van der Waals surface area contributed by atoms with Crippen molar-refractivity contribution in [2.75, 3.05) is 13.6 Å². The molecule has 0 heterocycles. The third-order valence-corrected chi connectivity index (χ3v) is 4.31. The van der Waals surface area contributed by atoms with E-state index in [1.165, 1.54) is 13.8 Å². The molecule has 0 spiro atoms. The second-order valence-electron chi connectivity index (χ2n) is 6.92. The van der Waals surface area contributed by atoms with Gasteiger partial charge in [-0.25, -0.2) is 14.4 Å². The minimum atomic E-state index is -1.55. The van der Waals surface area contributed by atoms with Crippen molar-refractivity contribution in [2.45, 2.75) is 52.3 Å². The molecule has 0 aromatic rings. The van der Waals surface area contributed by atoms with Crippen LogP contribution in [0.3, 0.4) is 0 Å². The molecule has 11 nitrogen and oxygen atoms in total. The van der Waals surface area contributed by atoms with Gasteiger partial charge in [-0.3, -0.25) is 9.59 Å². The molecule has 0 unspecified atom stereocenters. The summed E-state index contributed by atoms with van der Waals surface area (Å²) in [6.07, 6.45) is -1.15. The zero-order valence-corrected chi connectivity index (χ0v) is 18.0. The van der Waals surface area contributed by atoms with Crippen molar-refractivity contribution in [1.82, 2.24) is 5.32 Å². The van der Waals surface area contributed by atoms with Crippen molar-refractivity contribution in [2.24, 2.45) is 11.8 Å². The second-order valence-corrected chi connectivity index (χ2v) is 8.51. The number of esters is 2. The SMILES string of the molecule is CC(C)C(=O)OCOC(=O)N[C@@H](C(=O)O)C(C)(C)SC(=O)OCOC(=O)C(C)C. The molecule has 0 aromatic heterocycles. The Labute approximate surface area is 172 Å². The molecular weight excluding hydrogens is 410 g/mol. The van der Waals surface area contributed by atoms with E-state index in [0.717, 1.165) is 0 Å². The van der Waals surface area contributed by atoms with Gasteiger partial charge in [0.05, 0.1) is 16.6 Å². The van der Waals surface area contributed by atoms with Gasteiger partial charge in [0.2, 0.25) is 13.6 Å². The minimum Gasteiger partial charge on any atom is -0.480 e. The van der Waals surface area contributed by atoms with E-state index < -0.39 is 65.5 Å². The van der Waals surface area contributed by atoms with Crippen LogP contribution in [0.1, 0.15) is 41.5 Å². The number of nitrogens with one attached hydrogen (secondary N) is 1. The molecule has 12 heteroatoms. The quantitative estimate of drug-likeness (QED) is 0.381. The van der Waals surface area contributed by atoms with Crippen molar-refractivity contribution in [3.8, 4) is 0 Å². The van der Waals surface area contributed by atoms with Crippen molar-refractivity contribution in [3.63, 3.8) is 0 Å². The molecule has 0 aliphatic carbocycles. The third kappa shape index (κ3) is 10.6. The Bertz CT molecular complexity index is 617. The monoisotopic (exact) mass is 437 g/mol. The van der Waals surface area contributed by atoms with Crippen LogP contribution in [0.4, 0.5) is 9.59 Å². The number of carbonyl (C=O) groups is 5. The zero-order chi connectivity index (χ0) is 22.8. The maximum Gasteiger partial charge on any atom is 0.410 e. The van der Waals surface area contributed by atoms with Crippen LogP contribution in [0.15, 0.2) is 0 Å². The van der Waals surface area contributed by atoms with Crippen LogP contribution in [-0.4, -0.2) is 58.8 Å². The summed E-state index contributed by atoms with van der Waals surface area (Å²) in [5.41, 5.74) is 0. The summed E-state index contributed by atoms with van der Waals surface area (Å²) >= 11 is 0.484. The van der Waals surface area contributed by atoms with E-state index in [-0.39, 0.29) is 0 Å². The molecule has 0 aliphatic heterocycles. The van der Waals surface area contributed by atoms with Crippen LogP contribution in [-0.2, 0) is 33.3 Å². The van der Waals surface area contributed by atoms with Crippen LogP contribution in [0, 0.1) is 11.8 Å². The fraction of sp³-hybridized carbons (Fsp3) is 0.706. The van der Waals surface area contributed by atoms with Crippen molar-refractivity contribution < 1.29 is 48.0 Å². The van der Waals surface area contributed by atoms with Gasteiger partial charge in [0.15, 0.2) is 0 Å². The molecule has 166 valence electrons. The van der Waals surface area contributed by atoms with E-state index in [9.17, 15) is 29.1 Å². The summed E-state index contributed by atoms with van der Waals surface area (Å²) in [6, 6.07) is -1.55. The average Bonchev–Trinajstić information content (AvgIpc) is 2.58. The highest BCUT2D eigenvalue weighted by Crippen LogP contribution is 2.30. The van der Waals surface area contributed by atoms with Gasteiger partial charge in [-0.15, -0.1) is 0 Å². The standard InChI is InChI=1S/C17H27NO10S/c1-9(2)13(21)25-7-27-15(23)18-11(12(19)20)17(5,6)29-16(24)28-8-26-14(22)10(3)4/h9-11H,7-8H2,1-6H3,(H,18,23)(H,19,20)/t11-/m0/s1. The Morgan fingerprint density at radius 1 is 0.862 bits per heavy atom. The predicted octanol–water partition coefficient (Wildman–Crippen LogP) is 2.13. The number of amides is 1. The second kappa shape index (κ2) is 12.1. The highest BCUT2D eigenvalue weighted by Gasteiger charge is 2.40. The van der Waals surface area contributed by atoms with Gasteiger partial charge in [0, 0.05) is 0 Å².